The zero-order valence-electron chi connectivity index (χ0n) is 9.80. The third-order valence-electron chi connectivity index (χ3n) is 2.35. The number of aryl methyl sites for hydroxylation is 1. The van der Waals surface area contributed by atoms with Crippen LogP contribution in [0.15, 0.2) is 11.4 Å². The maximum absolute atomic E-state index is 11.8. The average Bonchev–Trinajstić information content (AvgIpc) is 2.69. The van der Waals surface area contributed by atoms with Crippen LogP contribution in [0.1, 0.15) is 28.1 Å². The minimum Gasteiger partial charge on any atom is -0.480 e. The number of thiophene rings is 1. The Morgan fingerprint density at radius 1 is 1.50 bits per heavy atom. The molecule has 0 bridgehead atoms. The molecule has 1 unspecified atom stereocenters. The first-order chi connectivity index (χ1) is 8.41. The highest BCUT2D eigenvalue weighted by Crippen LogP contribution is 2.15. The molecule has 7 heteroatoms. The number of hydrogen-bond donors (Lipinski definition) is 3. The van der Waals surface area contributed by atoms with E-state index in [4.69, 9.17) is 10.8 Å². The van der Waals surface area contributed by atoms with Gasteiger partial charge in [0.2, 0.25) is 5.91 Å². The molecule has 4 N–H and O–H groups in total. The van der Waals surface area contributed by atoms with Crippen molar-refractivity contribution in [3.05, 3.63) is 21.9 Å². The van der Waals surface area contributed by atoms with E-state index in [0.717, 1.165) is 5.56 Å². The molecule has 2 amide bonds. The van der Waals surface area contributed by atoms with E-state index < -0.39 is 23.8 Å². The highest BCUT2D eigenvalue weighted by atomic mass is 32.1. The van der Waals surface area contributed by atoms with Gasteiger partial charge in [-0.15, -0.1) is 11.3 Å². The van der Waals surface area contributed by atoms with E-state index >= 15 is 0 Å². The van der Waals surface area contributed by atoms with Gasteiger partial charge in [-0.3, -0.25) is 9.59 Å². The number of primary amides is 1. The molecule has 0 aliphatic rings. The van der Waals surface area contributed by atoms with Crippen molar-refractivity contribution >= 4 is 29.1 Å². The summed E-state index contributed by atoms with van der Waals surface area (Å²) in [6.45, 7) is 1.77. The SMILES string of the molecule is Cc1ccsc1C(=O)NC(CCC(N)=O)C(=O)O. The Morgan fingerprint density at radius 3 is 2.61 bits per heavy atom. The van der Waals surface area contributed by atoms with Crippen LogP contribution >= 0.6 is 11.3 Å². The lowest BCUT2D eigenvalue weighted by molar-refractivity contribution is -0.139. The lowest BCUT2D eigenvalue weighted by Crippen LogP contribution is -2.41. The van der Waals surface area contributed by atoms with Crippen LogP contribution in [0.25, 0.3) is 0 Å². The first-order valence-corrected chi connectivity index (χ1v) is 6.16. The molecule has 0 aliphatic heterocycles. The molecule has 0 saturated heterocycles. The number of carbonyl (C=O) groups is 3. The molecule has 6 nitrogen and oxygen atoms in total. The van der Waals surface area contributed by atoms with Crippen LogP contribution in [0.4, 0.5) is 0 Å². The quantitative estimate of drug-likeness (QED) is 0.699. The van der Waals surface area contributed by atoms with Gasteiger partial charge in [0.25, 0.3) is 5.91 Å². The summed E-state index contributed by atoms with van der Waals surface area (Å²) in [4.78, 5) is 33.8. The predicted octanol–water partition coefficient (Wildman–Crippen LogP) is 0.505. The minimum absolute atomic E-state index is 0.0131. The second-order valence-corrected chi connectivity index (χ2v) is 4.72. The molecule has 0 spiro atoms. The van der Waals surface area contributed by atoms with Crippen LogP contribution in [-0.4, -0.2) is 28.9 Å². The van der Waals surface area contributed by atoms with E-state index in [9.17, 15) is 14.4 Å². The maximum atomic E-state index is 11.8. The fourth-order valence-electron chi connectivity index (χ4n) is 1.37. The van der Waals surface area contributed by atoms with E-state index in [1.165, 1.54) is 11.3 Å². The van der Waals surface area contributed by atoms with Crippen LogP contribution in [-0.2, 0) is 9.59 Å². The highest BCUT2D eigenvalue weighted by molar-refractivity contribution is 7.12. The number of amides is 2. The van der Waals surface area contributed by atoms with Crippen LogP contribution in [0.5, 0.6) is 0 Å². The number of hydrogen-bond acceptors (Lipinski definition) is 4. The second kappa shape index (κ2) is 6.15. The number of nitrogens with one attached hydrogen (secondary N) is 1. The first kappa shape index (κ1) is 14.2. The molecular weight excluding hydrogens is 256 g/mol. The number of carboxylic acids is 1. The van der Waals surface area contributed by atoms with Crippen molar-refractivity contribution in [3.63, 3.8) is 0 Å². The number of rotatable bonds is 6. The van der Waals surface area contributed by atoms with Gasteiger partial charge in [-0.2, -0.15) is 0 Å². The summed E-state index contributed by atoms with van der Waals surface area (Å²) < 4.78 is 0. The number of carbonyl (C=O) groups excluding carboxylic acids is 2. The summed E-state index contributed by atoms with van der Waals surface area (Å²) in [7, 11) is 0. The molecule has 0 radical (unpaired) electrons. The van der Waals surface area contributed by atoms with E-state index in [1.54, 1.807) is 18.4 Å². The Morgan fingerprint density at radius 2 is 2.17 bits per heavy atom. The fraction of sp³-hybridized carbons (Fsp3) is 0.364. The van der Waals surface area contributed by atoms with Crippen molar-refractivity contribution in [2.75, 3.05) is 0 Å². The van der Waals surface area contributed by atoms with Gasteiger partial charge in [-0.1, -0.05) is 0 Å². The van der Waals surface area contributed by atoms with Crippen molar-refractivity contribution in [2.24, 2.45) is 5.73 Å². The van der Waals surface area contributed by atoms with Gasteiger partial charge in [0.15, 0.2) is 0 Å². The van der Waals surface area contributed by atoms with Crippen molar-refractivity contribution in [3.8, 4) is 0 Å². The zero-order valence-corrected chi connectivity index (χ0v) is 10.6. The lowest BCUT2D eigenvalue weighted by atomic mass is 10.1. The van der Waals surface area contributed by atoms with Gasteiger partial charge in [0.1, 0.15) is 6.04 Å². The summed E-state index contributed by atoms with van der Waals surface area (Å²) in [5.74, 6) is -2.22. The molecule has 0 saturated carbocycles. The Bertz CT molecular complexity index is 469. The van der Waals surface area contributed by atoms with Crippen LogP contribution < -0.4 is 11.1 Å². The van der Waals surface area contributed by atoms with Gasteiger partial charge in [-0.25, -0.2) is 4.79 Å². The zero-order chi connectivity index (χ0) is 13.7. The standard InChI is InChI=1S/C11H14N2O4S/c1-6-4-5-18-9(6)10(15)13-7(11(16)17)2-3-8(12)14/h4-5,7H,2-3H2,1H3,(H2,12,14)(H,13,15)(H,16,17). The van der Waals surface area contributed by atoms with Gasteiger partial charge < -0.3 is 16.2 Å². The average molecular weight is 270 g/mol. The molecule has 1 aromatic rings. The number of nitrogens with two attached hydrogens (primary N) is 1. The summed E-state index contributed by atoms with van der Waals surface area (Å²) in [6.07, 6.45) is -0.0957. The Balaban J connectivity index is 2.67. The monoisotopic (exact) mass is 270 g/mol. The predicted molar refractivity (Wildman–Crippen MR) is 66.4 cm³/mol. The fourth-order valence-corrected chi connectivity index (χ4v) is 2.20. The van der Waals surface area contributed by atoms with Gasteiger partial charge in [-0.05, 0) is 30.4 Å². The molecule has 98 valence electrons. The second-order valence-electron chi connectivity index (χ2n) is 3.80. The summed E-state index contributed by atoms with van der Waals surface area (Å²) >= 11 is 1.24. The molecule has 1 atom stereocenters. The summed E-state index contributed by atoms with van der Waals surface area (Å²) in [5.41, 5.74) is 5.74. The van der Waals surface area contributed by atoms with Crippen molar-refractivity contribution < 1.29 is 19.5 Å². The molecule has 1 aromatic heterocycles. The highest BCUT2D eigenvalue weighted by Gasteiger charge is 2.22. The maximum Gasteiger partial charge on any atom is 0.326 e. The minimum atomic E-state index is -1.18. The number of aliphatic carboxylic acids is 1. The third-order valence-corrected chi connectivity index (χ3v) is 3.37. The summed E-state index contributed by atoms with van der Waals surface area (Å²) in [5, 5.41) is 13.1. The Labute approximate surface area is 108 Å². The first-order valence-electron chi connectivity index (χ1n) is 5.28. The van der Waals surface area contributed by atoms with Crippen LogP contribution in [0.3, 0.4) is 0 Å². The van der Waals surface area contributed by atoms with E-state index in [0.29, 0.717) is 4.88 Å². The molecule has 0 fully saturated rings. The molecule has 1 rings (SSSR count). The molecule has 1 heterocycles. The molecule has 18 heavy (non-hydrogen) atoms. The number of carboxylic acid groups (broad SMARTS) is 1. The summed E-state index contributed by atoms with van der Waals surface area (Å²) in [6, 6.07) is 0.671. The van der Waals surface area contributed by atoms with E-state index in [1.807, 2.05) is 0 Å². The topological polar surface area (TPSA) is 109 Å². The largest absolute Gasteiger partial charge is 0.480 e. The lowest BCUT2D eigenvalue weighted by Gasteiger charge is -2.13. The van der Waals surface area contributed by atoms with Crippen LogP contribution in [0, 0.1) is 6.92 Å². The smallest absolute Gasteiger partial charge is 0.326 e. The van der Waals surface area contributed by atoms with Gasteiger partial charge in [0, 0.05) is 6.42 Å². The molecule has 0 aliphatic carbocycles. The van der Waals surface area contributed by atoms with Crippen molar-refractivity contribution in [2.45, 2.75) is 25.8 Å². The Kier molecular flexibility index (Phi) is 4.85. The van der Waals surface area contributed by atoms with Gasteiger partial charge in [0.05, 0.1) is 4.88 Å². The molecular formula is C11H14N2O4S. The third kappa shape index (κ3) is 3.85. The molecule has 0 aromatic carbocycles. The van der Waals surface area contributed by atoms with Crippen molar-refractivity contribution in [1.82, 2.24) is 5.32 Å². The van der Waals surface area contributed by atoms with Crippen molar-refractivity contribution in [1.29, 1.82) is 0 Å². The van der Waals surface area contributed by atoms with E-state index in [2.05, 4.69) is 5.32 Å². The van der Waals surface area contributed by atoms with Gasteiger partial charge >= 0.3 is 5.97 Å². The normalized spacial score (nSPS) is 11.8. The Hall–Kier alpha value is -1.89. The van der Waals surface area contributed by atoms with E-state index in [-0.39, 0.29) is 12.8 Å². The van der Waals surface area contributed by atoms with Crippen LogP contribution in [0.2, 0.25) is 0 Å².